The molecule has 0 spiro atoms. The molecular weight excluding hydrogens is 359 g/mol. The zero-order valence-electron chi connectivity index (χ0n) is 16.0. The van der Waals surface area contributed by atoms with Crippen molar-refractivity contribution in [1.82, 2.24) is 9.78 Å². The highest BCUT2D eigenvalue weighted by atomic mass is 19.1. The van der Waals surface area contributed by atoms with E-state index in [0.29, 0.717) is 11.5 Å². The molecule has 1 aromatic heterocycles. The van der Waals surface area contributed by atoms with Gasteiger partial charge in [-0.1, -0.05) is 45.0 Å². The minimum Gasteiger partial charge on any atom is -0.392 e. The number of hydrogen-bond donors (Lipinski definition) is 3. The van der Waals surface area contributed by atoms with Crippen molar-refractivity contribution in [1.29, 1.82) is 0 Å². The highest BCUT2D eigenvalue weighted by Gasteiger charge is 2.22. The molecule has 2 amide bonds. The highest BCUT2D eigenvalue weighted by Crippen LogP contribution is 2.27. The molecule has 0 unspecified atom stereocenters. The molecule has 0 saturated heterocycles. The number of para-hydroxylation sites is 1. The lowest BCUT2D eigenvalue weighted by atomic mass is 9.92. The third-order valence-electron chi connectivity index (χ3n) is 4.18. The summed E-state index contributed by atoms with van der Waals surface area (Å²) in [6.45, 7) is 5.96. The van der Waals surface area contributed by atoms with Crippen molar-refractivity contribution in [2.24, 2.45) is 0 Å². The Morgan fingerprint density at radius 3 is 2.54 bits per heavy atom. The van der Waals surface area contributed by atoms with Gasteiger partial charge in [-0.3, -0.25) is 5.32 Å². The van der Waals surface area contributed by atoms with Gasteiger partial charge in [0.2, 0.25) is 0 Å². The molecule has 3 N–H and O–H groups in total. The number of aliphatic hydroxyl groups is 1. The molecule has 0 radical (unpaired) electrons. The van der Waals surface area contributed by atoms with Crippen molar-refractivity contribution in [3.8, 4) is 5.69 Å². The van der Waals surface area contributed by atoms with Crippen LogP contribution in [0, 0.1) is 5.82 Å². The van der Waals surface area contributed by atoms with Crippen LogP contribution in [0.1, 0.15) is 32.0 Å². The summed E-state index contributed by atoms with van der Waals surface area (Å²) < 4.78 is 15.4. The molecule has 0 saturated carbocycles. The molecule has 0 atom stereocenters. The fourth-order valence-corrected chi connectivity index (χ4v) is 2.65. The van der Waals surface area contributed by atoms with E-state index in [0.717, 1.165) is 11.3 Å². The Balaban J connectivity index is 1.93. The van der Waals surface area contributed by atoms with E-state index in [1.807, 2.05) is 32.9 Å². The lowest BCUT2D eigenvalue weighted by Crippen LogP contribution is -2.21. The van der Waals surface area contributed by atoms with Gasteiger partial charge in [-0.15, -0.1) is 0 Å². The first-order valence-corrected chi connectivity index (χ1v) is 8.91. The molecule has 0 bridgehead atoms. The lowest BCUT2D eigenvalue weighted by molar-refractivity contribution is 0.262. The molecular formula is C21H23FN4O2. The van der Waals surface area contributed by atoms with E-state index in [1.54, 1.807) is 35.0 Å². The zero-order valence-corrected chi connectivity index (χ0v) is 16.0. The van der Waals surface area contributed by atoms with E-state index in [4.69, 9.17) is 0 Å². The summed E-state index contributed by atoms with van der Waals surface area (Å²) in [7, 11) is 0. The van der Waals surface area contributed by atoms with Gasteiger partial charge in [0.15, 0.2) is 0 Å². The van der Waals surface area contributed by atoms with Crippen molar-refractivity contribution in [3.63, 3.8) is 0 Å². The number of carbonyl (C=O) groups is 1. The Labute approximate surface area is 163 Å². The van der Waals surface area contributed by atoms with E-state index in [9.17, 15) is 14.3 Å². The van der Waals surface area contributed by atoms with E-state index >= 15 is 0 Å². The Hall–Kier alpha value is -3.19. The Morgan fingerprint density at radius 2 is 1.86 bits per heavy atom. The summed E-state index contributed by atoms with van der Waals surface area (Å²) in [4.78, 5) is 12.4. The van der Waals surface area contributed by atoms with Crippen LogP contribution in [0.5, 0.6) is 0 Å². The summed E-state index contributed by atoms with van der Waals surface area (Å²) in [5.74, 6) is -0.0777. The predicted octanol–water partition coefficient (Wildman–Crippen LogP) is 4.45. The number of anilines is 2. The van der Waals surface area contributed by atoms with E-state index in [-0.39, 0.29) is 17.7 Å². The normalized spacial score (nSPS) is 11.3. The number of rotatable bonds is 4. The van der Waals surface area contributed by atoms with Crippen LogP contribution in [-0.4, -0.2) is 20.9 Å². The van der Waals surface area contributed by atoms with Gasteiger partial charge in [-0.2, -0.15) is 5.10 Å². The fourth-order valence-electron chi connectivity index (χ4n) is 2.65. The summed E-state index contributed by atoms with van der Waals surface area (Å²) >= 11 is 0. The second-order valence-corrected chi connectivity index (χ2v) is 7.46. The molecule has 0 aliphatic heterocycles. The first-order chi connectivity index (χ1) is 13.3. The van der Waals surface area contributed by atoms with Gasteiger partial charge >= 0.3 is 6.03 Å². The summed E-state index contributed by atoms with van der Waals surface area (Å²) in [5, 5.41) is 19.3. The van der Waals surface area contributed by atoms with Crippen molar-refractivity contribution >= 4 is 17.5 Å². The Bertz CT molecular complexity index is 992. The predicted molar refractivity (Wildman–Crippen MR) is 107 cm³/mol. The van der Waals surface area contributed by atoms with Gasteiger partial charge < -0.3 is 10.4 Å². The Kier molecular flexibility index (Phi) is 5.46. The standard InChI is InChI=1S/C21H23FN4O2/c1-21(2,3)18-12-19(24-20(28)23-17-10-5-4-9-16(17)22)26(25-18)15-8-6-7-14(11-15)13-27/h4-12,27H,13H2,1-3H3,(H2,23,24,28). The highest BCUT2D eigenvalue weighted by molar-refractivity contribution is 5.99. The minimum atomic E-state index is -0.579. The second kappa shape index (κ2) is 7.82. The number of urea groups is 1. The number of aliphatic hydroxyl groups excluding tert-OH is 1. The molecule has 28 heavy (non-hydrogen) atoms. The van der Waals surface area contributed by atoms with Gasteiger partial charge in [0.05, 0.1) is 23.7 Å². The molecule has 3 rings (SSSR count). The van der Waals surface area contributed by atoms with Gasteiger partial charge in [0.1, 0.15) is 11.6 Å². The van der Waals surface area contributed by atoms with Gasteiger partial charge in [-0.05, 0) is 29.8 Å². The van der Waals surface area contributed by atoms with Crippen LogP contribution in [-0.2, 0) is 12.0 Å². The number of nitrogens with zero attached hydrogens (tertiary/aromatic N) is 2. The van der Waals surface area contributed by atoms with Crippen LogP contribution in [0.4, 0.5) is 20.7 Å². The lowest BCUT2D eigenvalue weighted by Gasteiger charge is -2.14. The van der Waals surface area contributed by atoms with E-state index in [2.05, 4.69) is 15.7 Å². The first-order valence-electron chi connectivity index (χ1n) is 8.91. The zero-order chi connectivity index (χ0) is 20.3. The molecule has 0 aliphatic carbocycles. The first kappa shape index (κ1) is 19.6. The molecule has 7 heteroatoms. The van der Waals surface area contributed by atoms with Crippen LogP contribution in [0.25, 0.3) is 5.69 Å². The van der Waals surface area contributed by atoms with Crippen molar-refractivity contribution in [2.75, 3.05) is 10.6 Å². The molecule has 6 nitrogen and oxygen atoms in total. The maximum atomic E-state index is 13.8. The van der Waals surface area contributed by atoms with Gasteiger partial charge in [0.25, 0.3) is 0 Å². The van der Waals surface area contributed by atoms with E-state index in [1.165, 1.54) is 12.1 Å². The fraction of sp³-hybridized carbons (Fsp3) is 0.238. The summed E-state index contributed by atoms with van der Waals surface area (Å²) in [6, 6.07) is 14.4. The third-order valence-corrected chi connectivity index (χ3v) is 4.18. The van der Waals surface area contributed by atoms with Crippen LogP contribution in [0.2, 0.25) is 0 Å². The van der Waals surface area contributed by atoms with Gasteiger partial charge in [-0.25, -0.2) is 13.9 Å². The van der Waals surface area contributed by atoms with Gasteiger partial charge in [0, 0.05) is 11.5 Å². The number of amides is 2. The monoisotopic (exact) mass is 382 g/mol. The number of carbonyl (C=O) groups excluding carboxylic acids is 1. The maximum Gasteiger partial charge on any atom is 0.324 e. The molecule has 0 fully saturated rings. The maximum absolute atomic E-state index is 13.8. The summed E-state index contributed by atoms with van der Waals surface area (Å²) in [5.41, 5.74) is 2.06. The number of benzene rings is 2. The van der Waals surface area contributed by atoms with Crippen LogP contribution in [0.3, 0.4) is 0 Å². The largest absolute Gasteiger partial charge is 0.392 e. The average Bonchev–Trinajstić information content (AvgIpc) is 3.08. The van der Waals surface area contributed by atoms with Crippen LogP contribution < -0.4 is 10.6 Å². The average molecular weight is 382 g/mol. The SMILES string of the molecule is CC(C)(C)c1cc(NC(=O)Nc2ccccc2F)n(-c2cccc(CO)c2)n1. The molecule has 0 aliphatic rings. The smallest absolute Gasteiger partial charge is 0.324 e. The van der Waals surface area contributed by atoms with Crippen molar-refractivity contribution in [3.05, 3.63) is 71.7 Å². The summed E-state index contributed by atoms with van der Waals surface area (Å²) in [6.07, 6.45) is 0. The van der Waals surface area contributed by atoms with Crippen LogP contribution >= 0.6 is 0 Å². The number of nitrogens with one attached hydrogen (secondary N) is 2. The molecule has 2 aromatic carbocycles. The molecule has 146 valence electrons. The number of aromatic nitrogens is 2. The molecule has 3 aromatic rings. The minimum absolute atomic E-state index is 0.0874. The number of halogens is 1. The third kappa shape index (κ3) is 4.37. The quantitative estimate of drug-likeness (QED) is 0.624. The topological polar surface area (TPSA) is 79.2 Å². The Morgan fingerprint density at radius 1 is 1.11 bits per heavy atom. The van der Waals surface area contributed by atoms with Crippen molar-refractivity contribution < 1.29 is 14.3 Å². The molecule has 1 heterocycles. The number of hydrogen-bond acceptors (Lipinski definition) is 3. The van der Waals surface area contributed by atoms with Crippen molar-refractivity contribution in [2.45, 2.75) is 32.8 Å². The van der Waals surface area contributed by atoms with Crippen LogP contribution in [0.15, 0.2) is 54.6 Å². The second-order valence-electron chi connectivity index (χ2n) is 7.46. The van der Waals surface area contributed by atoms with E-state index < -0.39 is 11.8 Å².